The highest BCUT2D eigenvalue weighted by Gasteiger charge is 2.13. The lowest BCUT2D eigenvalue weighted by Gasteiger charge is -2.26. The van der Waals surface area contributed by atoms with Gasteiger partial charge in [-0.25, -0.2) is 0 Å². The van der Waals surface area contributed by atoms with Crippen molar-refractivity contribution in [2.24, 2.45) is 0 Å². The summed E-state index contributed by atoms with van der Waals surface area (Å²) in [7, 11) is 0. The van der Waals surface area contributed by atoms with Gasteiger partial charge in [-0.1, -0.05) is 39.5 Å². The summed E-state index contributed by atoms with van der Waals surface area (Å²) in [6, 6.07) is 2.23. The molecule has 0 fully saturated rings. The summed E-state index contributed by atoms with van der Waals surface area (Å²) in [6.07, 6.45) is 8.06. The number of unbranched alkanes of at least 4 members (excludes halogenated alkanes) is 4. The number of nitrogens with one attached hydrogen (secondary N) is 1. The van der Waals surface area contributed by atoms with Crippen LogP contribution in [-0.4, -0.2) is 46.3 Å². The van der Waals surface area contributed by atoms with Crippen LogP contribution in [-0.2, 0) is 11.3 Å². The van der Waals surface area contributed by atoms with Crippen molar-refractivity contribution in [3.63, 3.8) is 0 Å². The Labute approximate surface area is 160 Å². The first-order chi connectivity index (χ1) is 12.5. The summed E-state index contributed by atoms with van der Waals surface area (Å²) in [4.78, 5) is 14.8. The zero-order valence-electron chi connectivity index (χ0n) is 17.7. The van der Waals surface area contributed by atoms with Crippen LogP contribution >= 0.6 is 0 Å². The molecule has 5 nitrogen and oxygen atoms in total. The van der Waals surface area contributed by atoms with Crippen molar-refractivity contribution in [3.8, 4) is 0 Å². The number of aryl methyl sites for hydroxylation is 3. The smallest absolute Gasteiger partial charge is 0.222 e. The van der Waals surface area contributed by atoms with E-state index in [1.807, 2.05) is 24.6 Å². The monoisotopic (exact) mass is 364 g/mol. The van der Waals surface area contributed by atoms with Gasteiger partial charge in [0.05, 0.1) is 5.69 Å². The fourth-order valence-electron chi connectivity index (χ4n) is 3.35. The van der Waals surface area contributed by atoms with E-state index in [0.717, 1.165) is 31.0 Å². The van der Waals surface area contributed by atoms with Gasteiger partial charge in [-0.15, -0.1) is 0 Å². The molecular formula is C21H40N4O. The van der Waals surface area contributed by atoms with Crippen molar-refractivity contribution < 1.29 is 4.79 Å². The minimum absolute atomic E-state index is 0.118. The third kappa shape index (κ3) is 9.37. The molecule has 0 saturated carbocycles. The van der Waals surface area contributed by atoms with Crippen LogP contribution in [0, 0.1) is 13.8 Å². The van der Waals surface area contributed by atoms with Crippen molar-refractivity contribution >= 4 is 5.91 Å². The first-order valence-electron chi connectivity index (χ1n) is 10.5. The topological polar surface area (TPSA) is 50.2 Å². The van der Waals surface area contributed by atoms with E-state index in [2.05, 4.69) is 36.1 Å². The number of hydrogen-bond acceptors (Lipinski definition) is 3. The zero-order valence-corrected chi connectivity index (χ0v) is 17.7. The summed E-state index contributed by atoms with van der Waals surface area (Å²) in [6.45, 7) is 14.5. The molecule has 150 valence electrons. The average Bonchev–Trinajstić information content (AvgIpc) is 2.90. The molecule has 0 saturated heterocycles. The lowest BCUT2D eigenvalue weighted by Crippen LogP contribution is -2.43. The minimum Gasteiger partial charge on any atom is -0.352 e. The van der Waals surface area contributed by atoms with Crippen molar-refractivity contribution in [2.45, 2.75) is 92.2 Å². The van der Waals surface area contributed by atoms with E-state index in [0.29, 0.717) is 13.0 Å². The predicted octanol–water partition coefficient (Wildman–Crippen LogP) is 4.08. The van der Waals surface area contributed by atoms with Crippen LogP contribution in [0.3, 0.4) is 0 Å². The number of aromatic nitrogens is 2. The average molecular weight is 365 g/mol. The van der Waals surface area contributed by atoms with Crippen molar-refractivity contribution in [1.29, 1.82) is 0 Å². The number of rotatable bonds is 14. The standard InChI is InChI=1S/C21H40N4O/c1-6-8-10-13-24(14-11-9-7-2)17-19(4)22-21(26)12-15-25-20(5)16-18(3)23-25/h16,19H,6-15,17H2,1-5H3,(H,22,26). The summed E-state index contributed by atoms with van der Waals surface area (Å²) < 4.78 is 1.92. The van der Waals surface area contributed by atoms with Gasteiger partial charge in [-0.2, -0.15) is 5.10 Å². The SMILES string of the molecule is CCCCCN(CCCCC)CC(C)NC(=O)CCn1nc(C)cc1C. The Bertz CT molecular complexity index is 502. The maximum Gasteiger partial charge on any atom is 0.222 e. The molecular weight excluding hydrogens is 324 g/mol. The molecule has 1 aromatic rings. The first-order valence-corrected chi connectivity index (χ1v) is 10.5. The number of nitrogens with zero attached hydrogens (tertiary/aromatic N) is 3. The van der Waals surface area contributed by atoms with Gasteiger partial charge in [0.15, 0.2) is 0 Å². The lowest BCUT2D eigenvalue weighted by atomic mass is 10.2. The van der Waals surface area contributed by atoms with Crippen LogP contribution in [0.1, 0.15) is 77.1 Å². The predicted molar refractivity (Wildman–Crippen MR) is 109 cm³/mol. The van der Waals surface area contributed by atoms with Gasteiger partial charge in [0.1, 0.15) is 0 Å². The van der Waals surface area contributed by atoms with Crippen molar-refractivity contribution in [1.82, 2.24) is 20.0 Å². The summed E-state index contributed by atoms with van der Waals surface area (Å²) in [5.74, 6) is 0.118. The molecule has 0 aliphatic carbocycles. The van der Waals surface area contributed by atoms with Gasteiger partial charge < -0.3 is 10.2 Å². The summed E-state index contributed by atoms with van der Waals surface area (Å²) >= 11 is 0. The first kappa shape index (κ1) is 22.7. The quantitative estimate of drug-likeness (QED) is 0.506. The van der Waals surface area contributed by atoms with E-state index in [1.54, 1.807) is 0 Å². The molecule has 1 rings (SSSR count). The van der Waals surface area contributed by atoms with Gasteiger partial charge in [0.2, 0.25) is 5.91 Å². The molecule has 0 spiro atoms. The Kier molecular flexibility index (Phi) is 11.3. The summed E-state index contributed by atoms with van der Waals surface area (Å²) in [5.41, 5.74) is 2.12. The van der Waals surface area contributed by atoms with Crippen molar-refractivity contribution in [2.75, 3.05) is 19.6 Å². The second kappa shape index (κ2) is 12.9. The van der Waals surface area contributed by atoms with E-state index in [1.165, 1.54) is 38.5 Å². The second-order valence-electron chi connectivity index (χ2n) is 7.58. The van der Waals surface area contributed by atoms with E-state index >= 15 is 0 Å². The molecule has 1 amide bonds. The van der Waals surface area contributed by atoms with Crippen LogP contribution in [0.25, 0.3) is 0 Å². The Morgan fingerprint density at radius 2 is 1.77 bits per heavy atom. The number of carbonyl (C=O) groups excluding carboxylic acids is 1. The number of carbonyl (C=O) groups is 1. The zero-order chi connectivity index (χ0) is 19.4. The minimum atomic E-state index is 0.118. The molecule has 1 N–H and O–H groups in total. The van der Waals surface area contributed by atoms with Crippen molar-refractivity contribution in [3.05, 3.63) is 17.5 Å². The molecule has 0 aromatic carbocycles. The largest absolute Gasteiger partial charge is 0.352 e. The van der Waals surface area contributed by atoms with Gasteiger partial charge in [-0.3, -0.25) is 9.48 Å². The molecule has 1 aromatic heterocycles. The molecule has 0 radical (unpaired) electrons. The molecule has 0 bridgehead atoms. The molecule has 1 atom stereocenters. The summed E-state index contributed by atoms with van der Waals surface area (Å²) in [5, 5.41) is 7.59. The Balaban J connectivity index is 2.37. The van der Waals surface area contributed by atoms with Gasteiger partial charge in [-0.05, 0) is 52.8 Å². The lowest BCUT2D eigenvalue weighted by molar-refractivity contribution is -0.122. The highest BCUT2D eigenvalue weighted by molar-refractivity contribution is 5.76. The van der Waals surface area contributed by atoms with Crippen LogP contribution in [0.5, 0.6) is 0 Å². The highest BCUT2D eigenvalue weighted by atomic mass is 16.1. The third-order valence-electron chi connectivity index (χ3n) is 4.75. The van der Waals surface area contributed by atoms with E-state index in [4.69, 9.17) is 0 Å². The van der Waals surface area contributed by atoms with Gasteiger partial charge in [0.25, 0.3) is 0 Å². The molecule has 1 heterocycles. The van der Waals surface area contributed by atoms with E-state index in [9.17, 15) is 4.79 Å². The molecule has 0 aliphatic heterocycles. The van der Waals surface area contributed by atoms with Crippen LogP contribution in [0.4, 0.5) is 0 Å². The van der Waals surface area contributed by atoms with Crippen LogP contribution < -0.4 is 5.32 Å². The molecule has 1 unspecified atom stereocenters. The molecule has 0 aliphatic rings. The highest BCUT2D eigenvalue weighted by Crippen LogP contribution is 2.05. The number of amides is 1. The van der Waals surface area contributed by atoms with Crippen LogP contribution in [0.2, 0.25) is 0 Å². The number of hydrogen-bond donors (Lipinski definition) is 1. The van der Waals surface area contributed by atoms with Gasteiger partial charge in [0, 0.05) is 31.2 Å². The molecule has 5 heteroatoms. The third-order valence-corrected chi connectivity index (χ3v) is 4.75. The fourth-order valence-corrected chi connectivity index (χ4v) is 3.35. The Hall–Kier alpha value is -1.36. The normalized spacial score (nSPS) is 12.5. The maximum atomic E-state index is 12.3. The maximum absolute atomic E-state index is 12.3. The van der Waals surface area contributed by atoms with Crippen LogP contribution in [0.15, 0.2) is 6.07 Å². The fraction of sp³-hybridized carbons (Fsp3) is 0.810. The van der Waals surface area contributed by atoms with E-state index < -0.39 is 0 Å². The second-order valence-corrected chi connectivity index (χ2v) is 7.58. The van der Waals surface area contributed by atoms with Gasteiger partial charge >= 0.3 is 0 Å². The molecule has 26 heavy (non-hydrogen) atoms. The van der Waals surface area contributed by atoms with E-state index in [-0.39, 0.29) is 11.9 Å². The Morgan fingerprint density at radius 3 is 2.27 bits per heavy atom. The Morgan fingerprint density at radius 1 is 1.15 bits per heavy atom.